The Kier molecular flexibility index (Phi) is 8.37. The summed E-state index contributed by atoms with van der Waals surface area (Å²) >= 11 is 0. The van der Waals surface area contributed by atoms with Crippen LogP contribution in [0.5, 0.6) is 5.75 Å². The normalized spacial score (nSPS) is 11.3. The predicted octanol–water partition coefficient (Wildman–Crippen LogP) is 1.50. The lowest BCUT2D eigenvalue weighted by atomic mass is 10.1. The molecule has 1 atom stereocenters. The molecule has 160 valence electrons. The fourth-order valence-corrected chi connectivity index (χ4v) is 2.92. The molecule has 2 aromatic rings. The highest BCUT2D eigenvalue weighted by Gasteiger charge is 2.18. The maximum Gasteiger partial charge on any atom is 0.326 e. The minimum absolute atomic E-state index is 0.00678. The van der Waals surface area contributed by atoms with E-state index < -0.39 is 11.9 Å². The first-order chi connectivity index (χ1) is 14.3. The Bertz CT molecular complexity index is 897. The second kappa shape index (κ2) is 11.0. The van der Waals surface area contributed by atoms with Crippen LogP contribution in [0.25, 0.3) is 0 Å². The number of carbonyl (C=O) groups is 3. The van der Waals surface area contributed by atoms with E-state index in [1.54, 1.807) is 37.4 Å². The second-order valence-corrected chi connectivity index (χ2v) is 7.05. The van der Waals surface area contributed by atoms with Crippen molar-refractivity contribution in [3.63, 3.8) is 0 Å². The van der Waals surface area contributed by atoms with E-state index in [2.05, 4.69) is 16.0 Å². The summed E-state index contributed by atoms with van der Waals surface area (Å²) < 4.78 is 5.09. The number of methoxy groups -OCH3 is 1. The van der Waals surface area contributed by atoms with Gasteiger partial charge < -0.3 is 20.3 Å². The number of ether oxygens (including phenoxy) is 1. The Morgan fingerprint density at radius 1 is 0.933 bits per heavy atom. The van der Waals surface area contributed by atoms with Crippen LogP contribution in [0.15, 0.2) is 42.5 Å². The van der Waals surface area contributed by atoms with Crippen molar-refractivity contribution in [2.75, 3.05) is 37.4 Å². The van der Waals surface area contributed by atoms with Gasteiger partial charge in [-0.15, -0.1) is 0 Å². The quantitative estimate of drug-likeness (QED) is 0.527. The number of nitrogens with one attached hydrogen (secondary N) is 4. The number of aryl methyl sites for hydroxylation is 2. The molecule has 1 unspecified atom stereocenters. The number of urea groups is 1. The lowest BCUT2D eigenvalue weighted by molar-refractivity contribution is -0.881. The first-order valence-corrected chi connectivity index (χ1v) is 9.76. The van der Waals surface area contributed by atoms with E-state index in [4.69, 9.17) is 4.74 Å². The largest absolute Gasteiger partial charge is 0.497 e. The zero-order valence-electron chi connectivity index (χ0n) is 17.8. The third kappa shape index (κ3) is 7.21. The van der Waals surface area contributed by atoms with Crippen LogP contribution in [0.2, 0.25) is 0 Å². The Balaban J connectivity index is 1.82. The summed E-state index contributed by atoms with van der Waals surface area (Å²) in [4.78, 5) is 37.3. The minimum atomic E-state index is -0.593. The number of benzene rings is 2. The molecule has 0 spiro atoms. The van der Waals surface area contributed by atoms with Gasteiger partial charge in [-0.25, -0.2) is 4.79 Å². The lowest BCUT2D eigenvalue weighted by Crippen LogP contribution is -3.14. The number of amides is 4. The van der Waals surface area contributed by atoms with Crippen molar-refractivity contribution in [3.05, 3.63) is 53.6 Å². The highest BCUT2D eigenvalue weighted by molar-refractivity contribution is 6.01. The van der Waals surface area contributed by atoms with E-state index >= 15 is 0 Å². The summed E-state index contributed by atoms with van der Waals surface area (Å²) in [5.74, 6) is 0.0282. The maximum atomic E-state index is 12.3. The van der Waals surface area contributed by atoms with Crippen molar-refractivity contribution in [3.8, 4) is 5.75 Å². The number of anilines is 2. The summed E-state index contributed by atoms with van der Waals surface area (Å²) in [5.41, 5.74) is 3.29. The molecule has 8 nitrogen and oxygen atoms in total. The monoisotopic (exact) mass is 413 g/mol. The van der Waals surface area contributed by atoms with Crippen molar-refractivity contribution in [2.45, 2.75) is 20.8 Å². The van der Waals surface area contributed by atoms with Gasteiger partial charge in [-0.05, 0) is 56.7 Å². The van der Waals surface area contributed by atoms with E-state index in [0.29, 0.717) is 23.7 Å². The molecule has 4 N–H and O–H groups in total. The second-order valence-electron chi connectivity index (χ2n) is 7.05. The van der Waals surface area contributed by atoms with Gasteiger partial charge in [0.1, 0.15) is 5.75 Å². The maximum absolute atomic E-state index is 12.3. The van der Waals surface area contributed by atoms with Gasteiger partial charge in [0, 0.05) is 11.4 Å². The first-order valence-electron chi connectivity index (χ1n) is 9.76. The van der Waals surface area contributed by atoms with Crippen molar-refractivity contribution in [2.24, 2.45) is 0 Å². The molecule has 0 fully saturated rings. The van der Waals surface area contributed by atoms with Gasteiger partial charge in [-0.2, -0.15) is 0 Å². The molecule has 0 aliphatic rings. The molecule has 0 heterocycles. The summed E-state index contributed by atoms with van der Waals surface area (Å²) in [7, 11) is 1.57. The Morgan fingerprint density at radius 3 is 2.20 bits per heavy atom. The van der Waals surface area contributed by atoms with Crippen LogP contribution < -0.4 is 25.6 Å². The van der Waals surface area contributed by atoms with Crippen molar-refractivity contribution < 1.29 is 24.0 Å². The molecule has 2 rings (SSSR count). The fourth-order valence-electron chi connectivity index (χ4n) is 2.92. The Hall–Kier alpha value is -3.39. The average Bonchev–Trinajstić information content (AvgIpc) is 2.70. The molecule has 0 aliphatic heterocycles. The standard InChI is InChI=1S/C22H28N4O4/c1-5-26(13-20(27)23-17-7-9-18(30-4)10-8-17)14-21(28)25-22(29)24-19-11-6-15(2)12-16(19)3/h6-12H,5,13-14H2,1-4H3,(H,23,27)(H2,24,25,28,29)/p+1. The number of imide groups is 1. The molecule has 0 aliphatic carbocycles. The van der Waals surface area contributed by atoms with Gasteiger partial charge in [0.15, 0.2) is 13.1 Å². The van der Waals surface area contributed by atoms with E-state index in [1.807, 2.05) is 32.9 Å². The van der Waals surface area contributed by atoms with E-state index in [1.165, 1.54) is 0 Å². The topological polar surface area (TPSA) is 101 Å². The molecular weight excluding hydrogens is 384 g/mol. The minimum Gasteiger partial charge on any atom is -0.497 e. The molecule has 8 heteroatoms. The molecule has 0 bridgehead atoms. The molecule has 4 amide bonds. The van der Waals surface area contributed by atoms with Gasteiger partial charge in [-0.1, -0.05) is 17.7 Å². The Labute approximate surface area is 176 Å². The summed E-state index contributed by atoms with van der Waals surface area (Å²) in [6.07, 6.45) is 0. The molecule has 0 saturated heterocycles. The number of hydrogen-bond acceptors (Lipinski definition) is 4. The first kappa shape index (κ1) is 22.9. The van der Waals surface area contributed by atoms with Crippen LogP contribution in [0, 0.1) is 13.8 Å². The third-order valence-corrected chi connectivity index (χ3v) is 4.58. The van der Waals surface area contributed by atoms with Crippen LogP contribution in [0.4, 0.5) is 16.2 Å². The van der Waals surface area contributed by atoms with Crippen LogP contribution in [-0.2, 0) is 9.59 Å². The van der Waals surface area contributed by atoms with Crippen LogP contribution in [0.1, 0.15) is 18.1 Å². The summed E-state index contributed by atoms with van der Waals surface area (Å²) in [6, 6.07) is 12.0. The van der Waals surface area contributed by atoms with Crippen LogP contribution in [0.3, 0.4) is 0 Å². The number of rotatable bonds is 8. The zero-order valence-corrected chi connectivity index (χ0v) is 17.8. The predicted molar refractivity (Wildman–Crippen MR) is 116 cm³/mol. The van der Waals surface area contributed by atoms with E-state index in [-0.39, 0.29) is 19.0 Å². The van der Waals surface area contributed by atoms with Gasteiger partial charge in [-0.3, -0.25) is 14.9 Å². The molecule has 0 radical (unpaired) electrons. The van der Waals surface area contributed by atoms with E-state index in [0.717, 1.165) is 16.0 Å². The Morgan fingerprint density at radius 2 is 1.60 bits per heavy atom. The van der Waals surface area contributed by atoms with Crippen molar-refractivity contribution >= 4 is 29.2 Å². The number of likely N-dealkylation sites (N-methyl/N-ethyl adjacent to an activating group) is 1. The van der Waals surface area contributed by atoms with E-state index in [9.17, 15) is 14.4 Å². The summed E-state index contributed by atoms with van der Waals surface area (Å²) in [6.45, 7) is 6.39. The zero-order chi connectivity index (χ0) is 22.1. The summed E-state index contributed by atoms with van der Waals surface area (Å²) in [5, 5.41) is 7.78. The van der Waals surface area contributed by atoms with Crippen LogP contribution in [-0.4, -0.2) is 44.6 Å². The third-order valence-electron chi connectivity index (χ3n) is 4.58. The average molecular weight is 413 g/mol. The number of carbonyl (C=O) groups excluding carboxylic acids is 3. The highest BCUT2D eigenvalue weighted by Crippen LogP contribution is 2.16. The van der Waals surface area contributed by atoms with Crippen molar-refractivity contribution in [1.82, 2.24) is 5.32 Å². The molecule has 0 saturated carbocycles. The van der Waals surface area contributed by atoms with Crippen LogP contribution >= 0.6 is 0 Å². The SMILES string of the molecule is CC[NH+](CC(=O)NC(=O)Nc1ccc(C)cc1C)CC(=O)Nc1ccc(OC)cc1. The molecule has 0 aromatic heterocycles. The van der Waals surface area contributed by atoms with Gasteiger partial charge in [0.25, 0.3) is 11.8 Å². The molecular formula is C22H29N4O4+. The lowest BCUT2D eigenvalue weighted by Gasteiger charge is -2.17. The molecule has 2 aromatic carbocycles. The molecule has 30 heavy (non-hydrogen) atoms. The van der Waals surface area contributed by atoms with Gasteiger partial charge in [0.2, 0.25) is 0 Å². The smallest absolute Gasteiger partial charge is 0.326 e. The number of hydrogen-bond donors (Lipinski definition) is 4. The van der Waals surface area contributed by atoms with Crippen molar-refractivity contribution in [1.29, 1.82) is 0 Å². The highest BCUT2D eigenvalue weighted by atomic mass is 16.5. The fraction of sp³-hybridized carbons (Fsp3) is 0.318. The number of quaternary nitrogens is 1. The van der Waals surface area contributed by atoms with Gasteiger partial charge >= 0.3 is 6.03 Å². The van der Waals surface area contributed by atoms with Gasteiger partial charge in [0.05, 0.1) is 13.7 Å².